The van der Waals surface area contributed by atoms with Crippen LogP contribution in [-0.2, 0) is 39.6 Å². The minimum Gasteiger partial charge on any atom is -0.0149 e. The molecule has 4 heteroatoms. The van der Waals surface area contributed by atoms with E-state index in [1.165, 1.54) is 0 Å². The largest absolute Gasteiger partial charge is 0.187 e. The van der Waals surface area contributed by atoms with E-state index in [-0.39, 0.29) is 67.9 Å². The third-order valence-electron chi connectivity index (χ3n) is 0. The van der Waals surface area contributed by atoms with Gasteiger partial charge in [0.05, 0.1) is 0 Å². The molecule has 0 aromatic rings. The van der Waals surface area contributed by atoms with Gasteiger partial charge in [0, 0.05) is 39.6 Å². The van der Waals surface area contributed by atoms with Gasteiger partial charge >= 0.3 is 0 Å². The fourth-order valence-electron chi connectivity index (χ4n) is 0. The van der Waals surface area contributed by atoms with E-state index < -0.39 is 0 Å². The molecule has 0 bridgehead atoms. The Hall–Kier alpha value is 2.02. The Labute approximate surface area is 67.4 Å². The topological polar surface area (TPSA) is 0 Å². The van der Waals surface area contributed by atoms with Gasteiger partial charge in [-0.3, -0.25) is 0 Å². The van der Waals surface area contributed by atoms with E-state index in [0.717, 1.165) is 0 Å². The predicted molar refractivity (Wildman–Crippen MR) is 21.3 cm³/mol. The minimum absolute atomic E-state index is 0. The first-order valence-corrected chi connectivity index (χ1v) is 0. The van der Waals surface area contributed by atoms with E-state index in [1.807, 2.05) is 0 Å². The molecular formula is H7AlSiVW. The van der Waals surface area contributed by atoms with Crippen molar-refractivity contribution in [3.05, 3.63) is 0 Å². The van der Waals surface area contributed by atoms with Gasteiger partial charge in [0.1, 0.15) is 0 Å². The van der Waals surface area contributed by atoms with E-state index in [1.54, 1.807) is 0 Å². The smallest absolute Gasteiger partial charge is 0.0149 e. The Bertz CT molecular complexity index is 8.00. The average Bonchev–Trinajstić information content (AvgIpc) is 0. The number of hydrogen-bond donors (Lipinski definition) is 0. The zero-order chi connectivity index (χ0) is 0. The summed E-state index contributed by atoms with van der Waals surface area (Å²) in [5, 5.41) is 0. The molecule has 0 aromatic carbocycles. The molecule has 1 radical (unpaired) electrons. The van der Waals surface area contributed by atoms with Crippen LogP contribution in [0.2, 0.25) is 0 Å². The molecule has 0 aliphatic rings. The van der Waals surface area contributed by atoms with E-state index in [0.29, 0.717) is 0 Å². The second-order valence-electron chi connectivity index (χ2n) is 0. The summed E-state index contributed by atoms with van der Waals surface area (Å²) in [6.45, 7) is 0. The third-order valence-corrected chi connectivity index (χ3v) is 0. The van der Waals surface area contributed by atoms with E-state index in [9.17, 15) is 0 Å². The van der Waals surface area contributed by atoms with Crippen LogP contribution in [0.3, 0.4) is 0 Å². The predicted octanol–water partition coefficient (Wildman–Crippen LogP) is -2.64. The molecule has 0 aliphatic heterocycles. The van der Waals surface area contributed by atoms with Gasteiger partial charge in [0.25, 0.3) is 0 Å². The average molecular weight is 297 g/mol. The maximum Gasteiger partial charge on any atom is 0.187 e. The van der Waals surface area contributed by atoms with Crippen molar-refractivity contribution in [1.29, 1.82) is 0 Å². The Morgan fingerprint density at radius 1 is 1.00 bits per heavy atom. The maximum absolute atomic E-state index is 0. The second kappa shape index (κ2) is 19.9. The summed E-state index contributed by atoms with van der Waals surface area (Å²) in [5.74, 6) is 0. The number of rotatable bonds is 0. The van der Waals surface area contributed by atoms with Gasteiger partial charge in [-0.15, -0.1) is 0 Å². The minimum atomic E-state index is 0. The fraction of sp³-hybridized carbons (Fsp3) is 0. The Morgan fingerprint density at radius 2 is 1.00 bits per heavy atom. The molecule has 0 N–H and O–H groups in total. The van der Waals surface area contributed by atoms with Crippen LogP contribution in [0.1, 0.15) is 0 Å². The van der Waals surface area contributed by atoms with Crippen molar-refractivity contribution in [2.75, 3.05) is 0 Å². The fourth-order valence-corrected chi connectivity index (χ4v) is 0. The van der Waals surface area contributed by atoms with Crippen molar-refractivity contribution in [3.63, 3.8) is 0 Å². The van der Waals surface area contributed by atoms with Crippen LogP contribution in [0.5, 0.6) is 0 Å². The Morgan fingerprint density at radius 3 is 1.00 bits per heavy atom. The normalized spacial score (nSPS) is 0. The van der Waals surface area contributed by atoms with Gasteiger partial charge in [-0.1, -0.05) is 0 Å². The van der Waals surface area contributed by atoms with Crippen LogP contribution in [0.15, 0.2) is 0 Å². The quantitative estimate of drug-likeness (QED) is 0.429. The first kappa shape index (κ1) is 37.1. The van der Waals surface area contributed by atoms with Gasteiger partial charge < -0.3 is 0 Å². The van der Waals surface area contributed by atoms with Crippen molar-refractivity contribution in [2.45, 2.75) is 0 Å². The molecule has 0 amide bonds. The standard InChI is InChI=1S/Al.H4Si.V.W.3H/h;1H4;;;;;. The van der Waals surface area contributed by atoms with E-state index >= 15 is 0 Å². The van der Waals surface area contributed by atoms with Crippen LogP contribution in [0, 0.1) is 0 Å². The van der Waals surface area contributed by atoms with E-state index in [2.05, 4.69) is 0 Å². The van der Waals surface area contributed by atoms with Crippen LogP contribution in [0.4, 0.5) is 0 Å². The molecule has 4 heavy (non-hydrogen) atoms. The molecule has 0 saturated heterocycles. The Balaban J connectivity index is 0. The van der Waals surface area contributed by atoms with Crippen LogP contribution < -0.4 is 0 Å². The second-order valence-corrected chi connectivity index (χ2v) is 0. The Kier molecular flexibility index (Phi) is 185. The summed E-state index contributed by atoms with van der Waals surface area (Å²) in [5.41, 5.74) is 0. The molecule has 0 spiro atoms. The summed E-state index contributed by atoms with van der Waals surface area (Å²) in [6.07, 6.45) is 0. The van der Waals surface area contributed by atoms with Crippen LogP contribution >= 0.6 is 0 Å². The summed E-state index contributed by atoms with van der Waals surface area (Å²) in [6, 6.07) is 0. The van der Waals surface area contributed by atoms with Crippen molar-refractivity contribution < 1.29 is 39.6 Å². The molecule has 0 atom stereocenters. The first-order chi connectivity index (χ1) is 0. The SMILES string of the molecule is [AlH3].[SiH4].[V].[W]. The van der Waals surface area contributed by atoms with Gasteiger partial charge in [-0.2, -0.15) is 0 Å². The van der Waals surface area contributed by atoms with Gasteiger partial charge in [-0.05, 0) is 11.0 Å². The number of hydrogen-bond acceptors (Lipinski definition) is 0. The van der Waals surface area contributed by atoms with Crippen LogP contribution in [-0.4, -0.2) is 28.3 Å². The molecule has 0 rings (SSSR count). The summed E-state index contributed by atoms with van der Waals surface area (Å²) in [4.78, 5) is 0. The molecule has 25 valence electrons. The van der Waals surface area contributed by atoms with Gasteiger partial charge in [-0.25, -0.2) is 0 Å². The molecule has 0 heterocycles. The monoisotopic (exact) mass is 297 g/mol. The van der Waals surface area contributed by atoms with Crippen LogP contribution in [0.25, 0.3) is 0 Å². The van der Waals surface area contributed by atoms with E-state index in [4.69, 9.17) is 0 Å². The van der Waals surface area contributed by atoms with Crippen molar-refractivity contribution in [3.8, 4) is 0 Å². The molecular weight excluding hydrogens is 290 g/mol. The molecule has 0 aliphatic carbocycles. The summed E-state index contributed by atoms with van der Waals surface area (Å²) >= 11 is 0. The molecule has 0 aromatic heterocycles. The maximum atomic E-state index is 0. The summed E-state index contributed by atoms with van der Waals surface area (Å²) < 4.78 is 0. The molecule has 0 saturated carbocycles. The molecule has 0 nitrogen and oxygen atoms in total. The van der Waals surface area contributed by atoms with Crippen molar-refractivity contribution in [2.24, 2.45) is 0 Å². The molecule has 0 unspecified atom stereocenters. The van der Waals surface area contributed by atoms with Crippen molar-refractivity contribution in [1.82, 2.24) is 0 Å². The zero-order valence-electron chi connectivity index (χ0n) is 0.855. The van der Waals surface area contributed by atoms with Gasteiger partial charge in [0.15, 0.2) is 17.4 Å². The first-order valence-electron chi connectivity index (χ1n) is 0. The van der Waals surface area contributed by atoms with Gasteiger partial charge in [0.2, 0.25) is 0 Å². The summed E-state index contributed by atoms with van der Waals surface area (Å²) in [7, 11) is 0. The molecule has 0 fully saturated rings. The zero-order valence-corrected chi connectivity index (χ0v) is 5.19. The third kappa shape index (κ3) is 8.98. The van der Waals surface area contributed by atoms with Crippen molar-refractivity contribution >= 4 is 28.3 Å².